The van der Waals surface area contributed by atoms with Crippen LogP contribution < -0.4 is 10.9 Å². The Morgan fingerprint density at radius 1 is 1.43 bits per heavy atom. The lowest BCUT2D eigenvalue weighted by Crippen LogP contribution is -2.30. The molecule has 7 heteroatoms. The third-order valence-corrected chi connectivity index (χ3v) is 5.88. The summed E-state index contributed by atoms with van der Waals surface area (Å²) in [6.45, 7) is 5.17. The molecule has 23 heavy (non-hydrogen) atoms. The van der Waals surface area contributed by atoms with Crippen LogP contribution in [0, 0.1) is 0 Å². The lowest BCUT2D eigenvalue weighted by atomic mass is 10.1. The number of amides is 1. The summed E-state index contributed by atoms with van der Waals surface area (Å²) < 4.78 is 1.69. The third kappa shape index (κ3) is 2.38. The normalized spacial score (nSPS) is 21.2. The van der Waals surface area contributed by atoms with Gasteiger partial charge in [-0.05, 0) is 24.9 Å². The molecule has 6 nitrogen and oxygen atoms in total. The van der Waals surface area contributed by atoms with Crippen molar-refractivity contribution in [1.82, 2.24) is 19.8 Å². The Bertz CT molecular complexity index is 825. The van der Waals surface area contributed by atoms with E-state index in [1.807, 2.05) is 4.90 Å². The van der Waals surface area contributed by atoms with Gasteiger partial charge in [0.1, 0.15) is 4.83 Å². The molecule has 1 saturated heterocycles. The summed E-state index contributed by atoms with van der Waals surface area (Å²) >= 11 is 1.61. The van der Waals surface area contributed by atoms with Crippen LogP contribution in [0.3, 0.4) is 0 Å². The minimum atomic E-state index is -0.0873. The standard InChI is InChI=1S/C16H20N4O2S/c1-2-5-19-8-10(6-13(19)21)20-9-18-15-14(16(20)22)11-3-4-17-7-12(11)23-15/h9-10,17H,2-8H2,1H3. The summed E-state index contributed by atoms with van der Waals surface area (Å²) in [7, 11) is 0. The molecule has 4 rings (SSSR count). The van der Waals surface area contributed by atoms with Crippen LogP contribution in [-0.2, 0) is 17.8 Å². The van der Waals surface area contributed by atoms with E-state index >= 15 is 0 Å². The van der Waals surface area contributed by atoms with Gasteiger partial charge >= 0.3 is 0 Å². The molecule has 2 aromatic rings. The van der Waals surface area contributed by atoms with Gasteiger partial charge in [-0.25, -0.2) is 4.98 Å². The number of carbonyl (C=O) groups excluding carboxylic acids is 1. The predicted octanol–water partition coefficient (Wildman–Crippen LogP) is 1.29. The maximum atomic E-state index is 13.0. The second kappa shape index (κ2) is 5.72. The van der Waals surface area contributed by atoms with Crippen LogP contribution in [0.25, 0.3) is 10.2 Å². The van der Waals surface area contributed by atoms with Crippen LogP contribution in [0.4, 0.5) is 0 Å². The molecule has 1 unspecified atom stereocenters. The summed E-state index contributed by atoms with van der Waals surface area (Å²) in [6.07, 6.45) is 3.85. The molecule has 0 aromatic carbocycles. The maximum Gasteiger partial charge on any atom is 0.262 e. The quantitative estimate of drug-likeness (QED) is 0.920. The Labute approximate surface area is 138 Å². The van der Waals surface area contributed by atoms with E-state index in [2.05, 4.69) is 17.2 Å². The van der Waals surface area contributed by atoms with Crippen molar-refractivity contribution in [2.24, 2.45) is 0 Å². The van der Waals surface area contributed by atoms with Gasteiger partial charge in [0.25, 0.3) is 5.56 Å². The summed E-state index contributed by atoms with van der Waals surface area (Å²) in [4.78, 5) is 33.5. The number of hydrogen-bond acceptors (Lipinski definition) is 5. The van der Waals surface area contributed by atoms with Crippen LogP contribution in [-0.4, -0.2) is 40.0 Å². The fraction of sp³-hybridized carbons (Fsp3) is 0.562. The predicted molar refractivity (Wildman–Crippen MR) is 89.8 cm³/mol. The number of hydrogen-bond donors (Lipinski definition) is 1. The molecule has 122 valence electrons. The first kappa shape index (κ1) is 14.8. The minimum absolute atomic E-state index is 0.0190. The minimum Gasteiger partial charge on any atom is -0.341 e. The first-order chi connectivity index (χ1) is 11.2. The lowest BCUT2D eigenvalue weighted by Gasteiger charge is -2.16. The molecule has 1 amide bonds. The van der Waals surface area contributed by atoms with E-state index in [-0.39, 0.29) is 17.5 Å². The molecule has 0 radical (unpaired) electrons. The number of carbonyl (C=O) groups is 1. The van der Waals surface area contributed by atoms with Crippen LogP contribution >= 0.6 is 11.3 Å². The fourth-order valence-corrected chi connectivity index (χ4v) is 4.76. The highest BCUT2D eigenvalue weighted by Gasteiger charge is 2.31. The second-order valence-corrected chi connectivity index (χ2v) is 7.35. The summed E-state index contributed by atoms with van der Waals surface area (Å²) in [6, 6.07) is -0.0873. The first-order valence-electron chi connectivity index (χ1n) is 8.19. The van der Waals surface area contributed by atoms with Gasteiger partial charge in [0, 0.05) is 30.9 Å². The van der Waals surface area contributed by atoms with Crippen molar-refractivity contribution < 1.29 is 4.79 Å². The molecule has 2 aromatic heterocycles. The Kier molecular flexibility index (Phi) is 3.69. The van der Waals surface area contributed by atoms with Crippen LogP contribution in [0.1, 0.15) is 36.2 Å². The zero-order chi connectivity index (χ0) is 16.0. The average Bonchev–Trinajstić information content (AvgIpc) is 3.09. The van der Waals surface area contributed by atoms with Crippen LogP contribution in [0.2, 0.25) is 0 Å². The lowest BCUT2D eigenvalue weighted by molar-refractivity contribution is -0.127. The Hall–Kier alpha value is -1.73. The van der Waals surface area contributed by atoms with Gasteiger partial charge in [-0.3, -0.25) is 14.2 Å². The highest BCUT2D eigenvalue weighted by atomic mass is 32.1. The molecule has 1 atom stereocenters. The van der Waals surface area contributed by atoms with E-state index in [1.54, 1.807) is 22.2 Å². The van der Waals surface area contributed by atoms with E-state index in [1.165, 1.54) is 4.88 Å². The summed E-state index contributed by atoms with van der Waals surface area (Å²) in [5, 5.41) is 4.11. The number of likely N-dealkylation sites (tertiary alicyclic amines) is 1. The molecule has 1 fully saturated rings. The second-order valence-electron chi connectivity index (χ2n) is 6.27. The number of fused-ring (bicyclic) bond motifs is 3. The van der Waals surface area contributed by atoms with Crippen molar-refractivity contribution in [2.75, 3.05) is 19.6 Å². The number of nitrogens with zero attached hydrogens (tertiary/aromatic N) is 3. The summed E-state index contributed by atoms with van der Waals surface area (Å²) in [5.41, 5.74) is 1.18. The van der Waals surface area contributed by atoms with Crippen molar-refractivity contribution in [3.63, 3.8) is 0 Å². The fourth-order valence-electron chi connectivity index (χ4n) is 3.61. The molecule has 4 heterocycles. The number of rotatable bonds is 3. The van der Waals surface area contributed by atoms with Gasteiger partial charge in [0.2, 0.25) is 5.91 Å². The van der Waals surface area contributed by atoms with Gasteiger partial charge < -0.3 is 10.2 Å². The molecule has 0 spiro atoms. The van der Waals surface area contributed by atoms with Gasteiger partial charge in [-0.2, -0.15) is 0 Å². The first-order valence-corrected chi connectivity index (χ1v) is 9.00. The monoisotopic (exact) mass is 332 g/mol. The Morgan fingerprint density at radius 3 is 3.13 bits per heavy atom. The smallest absolute Gasteiger partial charge is 0.262 e. The summed E-state index contributed by atoms with van der Waals surface area (Å²) in [5.74, 6) is 0.139. The van der Waals surface area contributed by atoms with Gasteiger partial charge in [-0.15, -0.1) is 11.3 Å². The highest BCUT2D eigenvalue weighted by molar-refractivity contribution is 7.18. The van der Waals surface area contributed by atoms with Crippen LogP contribution in [0.15, 0.2) is 11.1 Å². The molecule has 1 N–H and O–H groups in total. The highest BCUT2D eigenvalue weighted by Crippen LogP contribution is 2.30. The Morgan fingerprint density at radius 2 is 2.30 bits per heavy atom. The molecule has 0 bridgehead atoms. The van der Waals surface area contributed by atoms with Crippen molar-refractivity contribution in [1.29, 1.82) is 0 Å². The van der Waals surface area contributed by atoms with Crippen molar-refractivity contribution in [3.8, 4) is 0 Å². The van der Waals surface area contributed by atoms with E-state index in [0.29, 0.717) is 13.0 Å². The molecule has 0 saturated carbocycles. The Balaban J connectivity index is 1.76. The van der Waals surface area contributed by atoms with E-state index in [4.69, 9.17) is 0 Å². The van der Waals surface area contributed by atoms with Gasteiger partial charge in [-0.1, -0.05) is 6.92 Å². The molecule has 0 aliphatic carbocycles. The number of thiophene rings is 1. The zero-order valence-electron chi connectivity index (χ0n) is 13.2. The van der Waals surface area contributed by atoms with Crippen molar-refractivity contribution in [3.05, 3.63) is 27.1 Å². The number of nitrogens with one attached hydrogen (secondary N) is 1. The largest absolute Gasteiger partial charge is 0.341 e. The van der Waals surface area contributed by atoms with E-state index < -0.39 is 0 Å². The van der Waals surface area contributed by atoms with Crippen molar-refractivity contribution in [2.45, 2.75) is 38.8 Å². The van der Waals surface area contributed by atoms with Crippen molar-refractivity contribution >= 4 is 27.5 Å². The zero-order valence-corrected chi connectivity index (χ0v) is 14.0. The third-order valence-electron chi connectivity index (χ3n) is 4.74. The van der Waals surface area contributed by atoms with E-state index in [9.17, 15) is 9.59 Å². The molecule has 2 aliphatic heterocycles. The molecule has 2 aliphatic rings. The number of aromatic nitrogens is 2. The SMILES string of the molecule is CCCN1CC(n2cnc3sc4c(c3c2=O)CCNC4)CC1=O. The topological polar surface area (TPSA) is 67.2 Å². The molecular weight excluding hydrogens is 312 g/mol. The van der Waals surface area contributed by atoms with Gasteiger partial charge in [0.15, 0.2) is 0 Å². The van der Waals surface area contributed by atoms with Crippen LogP contribution in [0.5, 0.6) is 0 Å². The molecular formula is C16H20N4O2S. The van der Waals surface area contributed by atoms with Gasteiger partial charge in [0.05, 0.1) is 17.8 Å². The maximum absolute atomic E-state index is 13.0. The van der Waals surface area contributed by atoms with E-state index in [0.717, 1.165) is 48.3 Å². The average molecular weight is 332 g/mol.